The summed E-state index contributed by atoms with van der Waals surface area (Å²) < 4.78 is 67.7. The number of hydrogen-bond acceptors (Lipinski definition) is 16. The van der Waals surface area contributed by atoms with Crippen LogP contribution in [0.2, 0.25) is 0 Å². The van der Waals surface area contributed by atoms with Crippen molar-refractivity contribution in [3.05, 3.63) is 134 Å². The Bertz CT molecular complexity index is 3690. The Morgan fingerprint density at radius 3 is 1.06 bits per heavy atom. The van der Waals surface area contributed by atoms with Gasteiger partial charge in [0.1, 0.15) is 0 Å². The Morgan fingerprint density at radius 1 is 0.460 bits per heavy atom. The van der Waals surface area contributed by atoms with Crippen molar-refractivity contribution in [2.24, 2.45) is 11.8 Å². The number of unbranched alkanes of at least 4 members (excludes halogenated alkanes) is 12. The van der Waals surface area contributed by atoms with Crippen molar-refractivity contribution < 1.29 is 60.9 Å². The number of anilines is 1. The zero-order chi connectivity index (χ0) is 71.3. The average Bonchev–Trinajstić information content (AvgIpc) is 1.29. The average molecular weight is 1480 g/mol. The normalized spacial score (nSPS) is 18.4. The second-order valence-corrected chi connectivity index (χ2v) is 34.7. The van der Waals surface area contributed by atoms with E-state index < -0.39 is 34.4 Å². The summed E-state index contributed by atoms with van der Waals surface area (Å²) in [6.07, 6.45) is 12.7. The van der Waals surface area contributed by atoms with E-state index in [-0.39, 0.29) is 32.3 Å². The highest BCUT2D eigenvalue weighted by Crippen LogP contribution is 2.69. The number of alkyl halides is 3. The monoisotopic (exact) mass is 1480 g/mol. The van der Waals surface area contributed by atoms with Gasteiger partial charge in [0.05, 0.1) is 49.5 Å². The van der Waals surface area contributed by atoms with E-state index in [1.54, 1.807) is 62.5 Å². The van der Waals surface area contributed by atoms with Crippen molar-refractivity contribution in [1.29, 1.82) is 0 Å². The number of ether oxygens (including phenoxy) is 4. The van der Waals surface area contributed by atoms with Gasteiger partial charge in [0, 0.05) is 81.0 Å². The second-order valence-electron chi connectivity index (χ2n) is 27.1. The molecule has 0 saturated carbocycles. The zero-order valence-electron chi connectivity index (χ0n) is 58.9. The molecule has 2 aromatic heterocycles. The Kier molecular flexibility index (Phi) is 27.0. The highest BCUT2D eigenvalue weighted by atomic mass is 32.2. The highest BCUT2D eigenvalue weighted by Gasteiger charge is 2.71. The van der Waals surface area contributed by atoms with E-state index in [2.05, 4.69) is 64.1 Å². The molecule has 2 atom stereocenters. The molecule has 1 fully saturated rings. The summed E-state index contributed by atoms with van der Waals surface area (Å²) in [5, 5.41) is 0.476. The molecule has 4 aromatic carbocycles. The number of benzene rings is 4. The van der Waals surface area contributed by atoms with Crippen LogP contribution in [0.4, 0.5) is 18.9 Å². The molecule has 5 aliphatic rings. The summed E-state index contributed by atoms with van der Waals surface area (Å²) in [4.78, 5) is 84.3. The Labute approximate surface area is 613 Å². The molecular formula is C80H94F3NO10S6. The number of imide groups is 1. The van der Waals surface area contributed by atoms with E-state index >= 15 is 9.59 Å². The van der Waals surface area contributed by atoms with E-state index in [1.165, 1.54) is 73.5 Å². The van der Waals surface area contributed by atoms with Gasteiger partial charge in [-0.2, -0.15) is 13.2 Å². The highest BCUT2D eigenvalue weighted by molar-refractivity contribution is 8.14. The van der Waals surface area contributed by atoms with Crippen molar-refractivity contribution in [3.63, 3.8) is 0 Å². The molecule has 20 heteroatoms. The smallest absolute Gasteiger partial charge is 0.416 e. The Morgan fingerprint density at radius 2 is 0.760 bits per heavy atom. The fourth-order valence-electron chi connectivity index (χ4n) is 14.9. The largest absolute Gasteiger partial charge is 0.490 e. The number of carbonyl (C=O) groups is 6. The summed E-state index contributed by atoms with van der Waals surface area (Å²) >= 11 is 8.70. The topological polar surface area (TPSA) is 143 Å². The molecular weight excluding hydrogens is 1380 g/mol. The molecule has 0 spiro atoms. The third-order valence-corrected chi connectivity index (χ3v) is 25.8. The van der Waals surface area contributed by atoms with Crippen LogP contribution in [0.1, 0.15) is 212 Å². The van der Waals surface area contributed by atoms with Crippen LogP contribution in [0, 0.1) is 25.7 Å². The molecule has 0 N–H and O–H groups in total. The summed E-state index contributed by atoms with van der Waals surface area (Å²) in [6.45, 7) is 16.5. The number of carbonyl (C=O) groups excluding carboxylic acids is 6. The van der Waals surface area contributed by atoms with Gasteiger partial charge in [-0.25, -0.2) is 4.90 Å². The number of allylic oxidation sites excluding steroid dienone is 2. The van der Waals surface area contributed by atoms with Crippen LogP contribution >= 0.6 is 69.7 Å². The number of thiophene rings is 2. The van der Waals surface area contributed by atoms with Crippen LogP contribution in [-0.2, 0) is 45.8 Å². The molecule has 1 aliphatic heterocycles. The maximum atomic E-state index is 16.1. The molecule has 536 valence electrons. The molecule has 2 amide bonds. The first-order valence-electron chi connectivity index (χ1n) is 35.5. The molecule has 2 unspecified atom stereocenters. The molecule has 11 nitrogen and oxygen atoms in total. The van der Waals surface area contributed by atoms with E-state index in [9.17, 15) is 32.3 Å². The van der Waals surface area contributed by atoms with Gasteiger partial charge in [-0.1, -0.05) is 137 Å². The van der Waals surface area contributed by atoms with Gasteiger partial charge in [-0.3, -0.25) is 28.8 Å². The molecule has 100 heavy (non-hydrogen) atoms. The molecule has 6 aromatic rings. The third-order valence-electron chi connectivity index (χ3n) is 20.0. The van der Waals surface area contributed by atoms with E-state index in [1.807, 2.05) is 24.3 Å². The van der Waals surface area contributed by atoms with Gasteiger partial charge >= 0.3 is 6.18 Å². The van der Waals surface area contributed by atoms with E-state index in [0.717, 1.165) is 211 Å². The Balaban J connectivity index is 0.986. The Hall–Kier alpha value is -5.77. The van der Waals surface area contributed by atoms with Crippen molar-refractivity contribution in [2.75, 3.05) is 54.3 Å². The lowest BCUT2D eigenvalue weighted by atomic mass is 9.42. The van der Waals surface area contributed by atoms with Crippen molar-refractivity contribution >= 4 is 119 Å². The zero-order valence-corrected chi connectivity index (χ0v) is 63.8. The van der Waals surface area contributed by atoms with Gasteiger partial charge in [-0.15, -0.1) is 22.7 Å². The van der Waals surface area contributed by atoms with Crippen LogP contribution < -0.4 is 23.8 Å². The van der Waals surface area contributed by atoms with Crippen molar-refractivity contribution in [3.8, 4) is 43.9 Å². The lowest BCUT2D eigenvalue weighted by molar-refractivity contribution is -0.137. The number of halogens is 3. The molecule has 1 saturated heterocycles. The van der Waals surface area contributed by atoms with Crippen LogP contribution in [-0.4, -0.2) is 81.7 Å². The second kappa shape index (κ2) is 35.1. The first-order chi connectivity index (χ1) is 48.0. The van der Waals surface area contributed by atoms with Gasteiger partial charge < -0.3 is 18.9 Å². The maximum Gasteiger partial charge on any atom is 0.416 e. The van der Waals surface area contributed by atoms with Gasteiger partial charge in [0.2, 0.25) is 11.8 Å². The summed E-state index contributed by atoms with van der Waals surface area (Å²) in [7, 11) is 0. The molecule has 0 radical (unpaired) electrons. The lowest BCUT2D eigenvalue weighted by Gasteiger charge is -2.58. The molecule has 2 bridgehead atoms. The summed E-state index contributed by atoms with van der Waals surface area (Å²) in [6, 6.07) is 25.9. The van der Waals surface area contributed by atoms with Crippen molar-refractivity contribution in [2.45, 2.75) is 194 Å². The van der Waals surface area contributed by atoms with E-state index in [4.69, 9.17) is 18.9 Å². The first kappa shape index (κ1) is 76.9. The summed E-state index contributed by atoms with van der Waals surface area (Å²) in [5.74, 6) is 3.18. The number of amides is 2. The predicted octanol–water partition coefficient (Wildman–Crippen LogP) is 21.5. The van der Waals surface area contributed by atoms with Crippen LogP contribution in [0.5, 0.6) is 23.0 Å². The molecule has 4 aliphatic carbocycles. The number of nitrogens with zero attached hydrogens (tertiary/aromatic N) is 1. The number of thioether (sulfide) groups is 4. The lowest BCUT2D eigenvalue weighted by Crippen LogP contribution is -2.59. The minimum atomic E-state index is -4.41. The fraction of sp³-hybridized carbons (Fsp3) is 0.500. The minimum absolute atomic E-state index is 0.119. The number of rotatable bonds is 37. The van der Waals surface area contributed by atoms with Gasteiger partial charge in [-0.05, 0) is 201 Å². The van der Waals surface area contributed by atoms with Gasteiger partial charge in [0.25, 0.3) is 0 Å². The van der Waals surface area contributed by atoms with Crippen LogP contribution in [0.25, 0.3) is 32.0 Å². The maximum absolute atomic E-state index is 16.1. The standard InChI is InChI=1S/C80H94F3NO10S6/c1-50-62(44-72(99-50)56-28-32-58(33-29-56)80(81,82)83)60-26-25-27-61(60)63-45-73(100-51(63)2)57-30-34-59(35-31-57)84-76(89)74-75(77(84)90)79(8)65-47-69(92-37-18-10-14-22-41-96-53(4)86)68(91-36-17-9-13-21-40-95-52(3)85)46-64(65)78(74,7)66-48-70(93-38-19-11-15-23-42-97-54(5)87)71(49-67(66)79)94-39-20-12-16-24-43-98-55(6)88/h28-35,44-49,74-75H,9-27,36-43H2,1-8H3. The van der Waals surface area contributed by atoms with Crippen LogP contribution in [0.3, 0.4) is 0 Å². The third kappa shape index (κ3) is 18.0. The fourth-order valence-corrected chi connectivity index (χ4v) is 19.6. The number of aryl methyl sites for hydroxylation is 2. The first-order valence-corrected chi connectivity index (χ1v) is 41.1. The summed E-state index contributed by atoms with van der Waals surface area (Å²) in [5.41, 5.74) is 7.75. The van der Waals surface area contributed by atoms with Crippen LogP contribution in [0.15, 0.2) is 84.9 Å². The van der Waals surface area contributed by atoms with E-state index in [0.29, 0.717) is 55.1 Å². The molecule has 3 heterocycles. The quantitative estimate of drug-likeness (QED) is 0.0270. The number of hydrogen-bond donors (Lipinski definition) is 0. The molecule has 11 rings (SSSR count). The van der Waals surface area contributed by atoms with Crippen molar-refractivity contribution in [1.82, 2.24) is 0 Å². The minimum Gasteiger partial charge on any atom is -0.490 e. The SMILES string of the molecule is CC(=O)SCCCCCCOc1cc2c(cc1OCCCCCCSC(C)=O)C1(C)c3cc(OCCCCCCSC(C)=O)c(OCCCCCCSC(C)=O)cc3C2(C)C2C(=O)N(c3ccc(-c4cc(C5=C(c6cc(-c7ccc(C(F)(F)F)cc7)sc6C)CCC5)c(C)s4)cc3)C(=O)C21. The predicted molar refractivity (Wildman–Crippen MR) is 408 cm³/mol. The van der Waals surface area contributed by atoms with Gasteiger partial charge in [0.15, 0.2) is 43.5 Å².